The first kappa shape index (κ1) is 13.5. The summed E-state index contributed by atoms with van der Waals surface area (Å²) in [7, 11) is 1.68. The highest BCUT2D eigenvalue weighted by molar-refractivity contribution is 5.79. The number of fused-ring (bicyclic) bond motifs is 1. The Morgan fingerprint density at radius 1 is 1.44 bits per heavy atom. The van der Waals surface area contributed by atoms with E-state index in [-0.39, 0.29) is 17.5 Å². The molecule has 0 aromatic rings. The highest BCUT2D eigenvalue weighted by atomic mass is 16.5. The van der Waals surface area contributed by atoms with Crippen LogP contribution in [0.25, 0.3) is 0 Å². The summed E-state index contributed by atoms with van der Waals surface area (Å²) in [6, 6.07) is 0. The number of ketones is 1. The Balaban J connectivity index is 2.23. The summed E-state index contributed by atoms with van der Waals surface area (Å²) in [6.45, 7) is 2.04. The Morgan fingerprint density at radius 2 is 2.22 bits per heavy atom. The molecule has 0 heterocycles. The molecule has 0 unspecified atom stereocenters. The minimum absolute atomic E-state index is 0.0817. The van der Waals surface area contributed by atoms with Gasteiger partial charge in [-0.2, -0.15) is 0 Å². The zero-order valence-corrected chi connectivity index (χ0v) is 11.2. The monoisotopic (exact) mass is 254 g/mol. The number of ether oxygens (including phenoxy) is 2. The van der Waals surface area contributed by atoms with Crippen molar-refractivity contribution in [2.24, 2.45) is 11.3 Å². The number of carbonyl (C=O) groups excluding carboxylic acids is 2. The number of Topliss-reactive ketones (excluding diaryl/α,β-unsaturated/α-hetero) is 1. The van der Waals surface area contributed by atoms with Crippen molar-refractivity contribution in [2.75, 3.05) is 13.7 Å². The molecule has 2 aliphatic carbocycles. The lowest BCUT2D eigenvalue weighted by molar-refractivity contribution is -0.173. The summed E-state index contributed by atoms with van der Waals surface area (Å²) in [5.74, 6) is 0.431. The molecule has 0 aromatic heterocycles. The van der Waals surface area contributed by atoms with E-state index in [0.717, 1.165) is 25.7 Å². The first-order valence-corrected chi connectivity index (χ1v) is 6.76. The zero-order valence-electron chi connectivity index (χ0n) is 11.2. The number of hydrogen-bond acceptors (Lipinski definition) is 4. The fraction of sp³-hybridized carbons (Fsp3) is 0.857. The van der Waals surface area contributed by atoms with Crippen LogP contribution in [0.5, 0.6) is 0 Å². The van der Waals surface area contributed by atoms with Gasteiger partial charge in [0.25, 0.3) is 0 Å². The molecule has 0 amide bonds. The van der Waals surface area contributed by atoms with Gasteiger partial charge in [0.1, 0.15) is 11.9 Å². The molecule has 18 heavy (non-hydrogen) atoms. The van der Waals surface area contributed by atoms with Crippen LogP contribution in [0.4, 0.5) is 0 Å². The molecule has 102 valence electrons. The minimum atomic E-state index is -0.229. The largest absolute Gasteiger partial charge is 0.462 e. The van der Waals surface area contributed by atoms with Gasteiger partial charge in [-0.3, -0.25) is 9.59 Å². The van der Waals surface area contributed by atoms with Gasteiger partial charge >= 0.3 is 5.97 Å². The molecule has 4 nitrogen and oxygen atoms in total. The van der Waals surface area contributed by atoms with Crippen LogP contribution in [0.2, 0.25) is 0 Å². The van der Waals surface area contributed by atoms with E-state index in [1.54, 1.807) is 7.11 Å². The highest BCUT2D eigenvalue weighted by Crippen LogP contribution is 2.50. The lowest BCUT2D eigenvalue weighted by atomic mass is 9.58. The zero-order chi connectivity index (χ0) is 13.2. The molecule has 2 aliphatic rings. The molecule has 3 atom stereocenters. The van der Waals surface area contributed by atoms with Gasteiger partial charge in [-0.15, -0.1) is 0 Å². The first-order chi connectivity index (χ1) is 8.58. The van der Waals surface area contributed by atoms with Crippen LogP contribution in [0.3, 0.4) is 0 Å². The van der Waals surface area contributed by atoms with Gasteiger partial charge in [0.15, 0.2) is 0 Å². The van der Waals surface area contributed by atoms with Crippen molar-refractivity contribution in [3.63, 3.8) is 0 Å². The van der Waals surface area contributed by atoms with Gasteiger partial charge in [0.05, 0.1) is 6.61 Å². The van der Waals surface area contributed by atoms with Crippen molar-refractivity contribution in [1.82, 2.24) is 0 Å². The summed E-state index contributed by atoms with van der Waals surface area (Å²) in [5, 5.41) is 0. The van der Waals surface area contributed by atoms with E-state index >= 15 is 0 Å². The summed E-state index contributed by atoms with van der Waals surface area (Å²) in [4.78, 5) is 22.9. The molecule has 2 saturated carbocycles. The third-order valence-electron chi connectivity index (χ3n) is 4.54. The Hall–Kier alpha value is -0.900. The quantitative estimate of drug-likeness (QED) is 0.724. The van der Waals surface area contributed by atoms with Crippen LogP contribution in [0.15, 0.2) is 0 Å². The predicted octanol–water partition coefficient (Wildman–Crippen LogP) is 2.10. The molecular formula is C14H22O4. The van der Waals surface area contributed by atoms with E-state index in [0.29, 0.717) is 31.1 Å². The number of methoxy groups -OCH3 is 1. The average molecular weight is 254 g/mol. The van der Waals surface area contributed by atoms with Crippen LogP contribution >= 0.6 is 0 Å². The second kappa shape index (κ2) is 5.39. The van der Waals surface area contributed by atoms with Gasteiger partial charge in [-0.25, -0.2) is 0 Å². The van der Waals surface area contributed by atoms with E-state index in [2.05, 4.69) is 0 Å². The standard InChI is InChI=1S/C14H22O4/c1-10(15)18-13-5-3-4-11-8-12(16)6-7-14(11,13)9-17-2/h11,13H,3-9H2,1-2H3/t11-,13-,14+/m0/s1. The van der Waals surface area contributed by atoms with Crippen molar-refractivity contribution < 1.29 is 19.1 Å². The van der Waals surface area contributed by atoms with Gasteiger partial charge in [0, 0.05) is 32.3 Å². The molecule has 2 fully saturated rings. The normalized spacial score (nSPS) is 36.0. The van der Waals surface area contributed by atoms with Crippen molar-refractivity contribution in [3.05, 3.63) is 0 Å². The van der Waals surface area contributed by atoms with Gasteiger partial charge in [-0.05, 0) is 31.6 Å². The van der Waals surface area contributed by atoms with E-state index < -0.39 is 0 Å². The summed E-state index contributed by atoms with van der Waals surface area (Å²) < 4.78 is 10.9. The van der Waals surface area contributed by atoms with Crippen molar-refractivity contribution in [3.8, 4) is 0 Å². The van der Waals surface area contributed by atoms with Crippen LogP contribution in [0.1, 0.15) is 45.4 Å². The number of rotatable bonds is 3. The van der Waals surface area contributed by atoms with E-state index in [9.17, 15) is 9.59 Å². The summed E-state index contributed by atoms with van der Waals surface area (Å²) in [6.07, 6.45) is 4.91. The van der Waals surface area contributed by atoms with E-state index in [1.165, 1.54) is 6.92 Å². The maximum atomic E-state index is 11.6. The molecule has 0 aromatic carbocycles. The smallest absolute Gasteiger partial charge is 0.302 e. The topological polar surface area (TPSA) is 52.6 Å². The van der Waals surface area contributed by atoms with Crippen LogP contribution in [0, 0.1) is 11.3 Å². The first-order valence-electron chi connectivity index (χ1n) is 6.76. The molecule has 0 N–H and O–H groups in total. The molecule has 2 rings (SSSR count). The number of hydrogen-bond donors (Lipinski definition) is 0. The third-order valence-corrected chi connectivity index (χ3v) is 4.54. The van der Waals surface area contributed by atoms with Gasteiger partial charge < -0.3 is 9.47 Å². The molecule has 0 bridgehead atoms. The van der Waals surface area contributed by atoms with E-state index in [4.69, 9.17) is 9.47 Å². The second-order valence-corrected chi connectivity index (χ2v) is 5.63. The maximum absolute atomic E-state index is 11.6. The van der Waals surface area contributed by atoms with Crippen molar-refractivity contribution in [2.45, 2.75) is 51.6 Å². The second-order valence-electron chi connectivity index (χ2n) is 5.63. The summed E-state index contributed by atoms with van der Waals surface area (Å²) in [5.41, 5.74) is -0.132. The van der Waals surface area contributed by atoms with Crippen molar-refractivity contribution >= 4 is 11.8 Å². The fourth-order valence-electron chi connectivity index (χ4n) is 3.74. The average Bonchev–Trinajstić information content (AvgIpc) is 2.31. The minimum Gasteiger partial charge on any atom is -0.462 e. The van der Waals surface area contributed by atoms with Crippen molar-refractivity contribution in [1.29, 1.82) is 0 Å². The van der Waals surface area contributed by atoms with Gasteiger partial charge in [-0.1, -0.05) is 0 Å². The SMILES string of the molecule is COC[C@]12CCC(=O)C[C@@H]1CCC[C@@H]2OC(C)=O. The molecule has 0 spiro atoms. The molecule has 0 radical (unpaired) electrons. The van der Waals surface area contributed by atoms with Gasteiger partial charge in [0.2, 0.25) is 0 Å². The number of esters is 1. The Kier molecular flexibility index (Phi) is 4.05. The lowest BCUT2D eigenvalue weighted by Crippen LogP contribution is -2.52. The Morgan fingerprint density at radius 3 is 2.89 bits per heavy atom. The Bertz CT molecular complexity index is 339. The van der Waals surface area contributed by atoms with E-state index in [1.807, 2.05) is 0 Å². The molecule has 0 saturated heterocycles. The molecular weight excluding hydrogens is 232 g/mol. The molecule has 0 aliphatic heterocycles. The highest BCUT2D eigenvalue weighted by Gasteiger charge is 2.52. The third kappa shape index (κ3) is 2.44. The van der Waals surface area contributed by atoms with Crippen LogP contribution < -0.4 is 0 Å². The van der Waals surface area contributed by atoms with Crippen LogP contribution in [-0.4, -0.2) is 31.6 Å². The lowest BCUT2D eigenvalue weighted by Gasteiger charge is -2.50. The maximum Gasteiger partial charge on any atom is 0.302 e. The predicted molar refractivity (Wildman–Crippen MR) is 66.1 cm³/mol. The summed E-state index contributed by atoms with van der Waals surface area (Å²) >= 11 is 0. The fourth-order valence-corrected chi connectivity index (χ4v) is 3.74. The molecule has 4 heteroatoms. The Labute approximate surface area is 108 Å². The van der Waals surface area contributed by atoms with Crippen LogP contribution in [-0.2, 0) is 19.1 Å². The number of carbonyl (C=O) groups is 2.